The summed E-state index contributed by atoms with van der Waals surface area (Å²) in [5.74, 6) is -5.00. The first-order chi connectivity index (χ1) is 16.8. The number of nitrogens with two attached hydrogens (primary N) is 5. The molecular weight excluding hydrogens is 478 g/mol. The second-order valence-electron chi connectivity index (χ2n) is 8.19. The van der Waals surface area contributed by atoms with Crippen LogP contribution in [-0.4, -0.2) is 89.1 Å². The van der Waals surface area contributed by atoms with Gasteiger partial charge in [-0.1, -0.05) is 0 Å². The van der Waals surface area contributed by atoms with E-state index >= 15 is 0 Å². The number of aliphatic carboxylic acids is 1. The Morgan fingerprint density at radius 3 is 1.78 bits per heavy atom. The molecule has 16 nitrogen and oxygen atoms in total. The normalized spacial score (nSPS) is 14.9. The van der Waals surface area contributed by atoms with E-state index in [1.807, 2.05) is 0 Å². The third-order valence-electron chi connectivity index (χ3n) is 5.00. The van der Waals surface area contributed by atoms with Crippen LogP contribution in [0.25, 0.3) is 0 Å². The average molecular weight is 518 g/mol. The summed E-state index contributed by atoms with van der Waals surface area (Å²) in [4.78, 5) is 64.5. The smallest absolute Gasteiger partial charge is 0.326 e. The summed E-state index contributed by atoms with van der Waals surface area (Å²) >= 11 is 0. The maximum absolute atomic E-state index is 13.0. The highest BCUT2D eigenvalue weighted by atomic mass is 16.4. The van der Waals surface area contributed by atoms with Gasteiger partial charge in [0.2, 0.25) is 23.6 Å². The monoisotopic (exact) mass is 517 g/mol. The number of guanidine groups is 1. The minimum atomic E-state index is -1.59. The molecule has 0 bridgehead atoms. The summed E-state index contributed by atoms with van der Waals surface area (Å²) in [6.07, 6.45) is -0.489. The molecule has 0 aromatic rings. The largest absolute Gasteiger partial charge is 0.480 e. The van der Waals surface area contributed by atoms with Crippen molar-refractivity contribution >= 4 is 35.6 Å². The van der Waals surface area contributed by atoms with Crippen molar-refractivity contribution in [1.82, 2.24) is 16.0 Å². The van der Waals surface area contributed by atoms with Gasteiger partial charge in [-0.2, -0.15) is 0 Å². The summed E-state index contributed by atoms with van der Waals surface area (Å²) in [6.45, 7) is 1.78. The lowest BCUT2D eigenvalue weighted by molar-refractivity contribution is -0.143. The molecule has 5 atom stereocenters. The Bertz CT molecular complexity index is 787. The van der Waals surface area contributed by atoms with Crippen LogP contribution >= 0.6 is 0 Å². The lowest BCUT2D eigenvalue weighted by Crippen LogP contribution is -2.58. The Balaban J connectivity index is 5.64. The zero-order valence-corrected chi connectivity index (χ0v) is 20.3. The number of carbonyl (C=O) groups excluding carboxylic acids is 4. The number of nitrogens with one attached hydrogen (secondary N) is 3. The van der Waals surface area contributed by atoms with Crippen LogP contribution < -0.4 is 44.6 Å². The molecule has 15 N–H and O–H groups in total. The molecule has 0 aliphatic rings. The Morgan fingerprint density at radius 2 is 1.33 bits per heavy atom. The van der Waals surface area contributed by atoms with Gasteiger partial charge in [-0.3, -0.25) is 24.2 Å². The van der Waals surface area contributed by atoms with E-state index in [1.54, 1.807) is 0 Å². The number of nitrogens with zero attached hydrogens (tertiary/aromatic N) is 1. The van der Waals surface area contributed by atoms with Crippen LogP contribution in [0.2, 0.25) is 0 Å². The van der Waals surface area contributed by atoms with Gasteiger partial charge in [0.15, 0.2) is 5.96 Å². The molecule has 0 aromatic heterocycles. The average Bonchev–Trinajstić information content (AvgIpc) is 2.78. The van der Waals surface area contributed by atoms with E-state index in [9.17, 15) is 34.2 Å². The van der Waals surface area contributed by atoms with Crippen LogP contribution in [0.15, 0.2) is 4.99 Å². The lowest BCUT2D eigenvalue weighted by atomic mass is 10.0. The number of primary amides is 1. The molecule has 0 radical (unpaired) electrons. The number of carboxylic acid groups (broad SMARTS) is 1. The number of carboxylic acids is 1. The van der Waals surface area contributed by atoms with Crippen molar-refractivity contribution in [2.24, 2.45) is 33.7 Å². The molecular formula is C20H39N9O7. The van der Waals surface area contributed by atoms with Gasteiger partial charge in [0.25, 0.3) is 0 Å². The van der Waals surface area contributed by atoms with E-state index in [0.717, 1.165) is 0 Å². The summed E-state index contributed by atoms with van der Waals surface area (Å²) in [7, 11) is 0. The third-order valence-corrected chi connectivity index (χ3v) is 5.00. The van der Waals surface area contributed by atoms with Crippen LogP contribution in [-0.2, 0) is 24.0 Å². The molecule has 0 heterocycles. The number of aliphatic hydroxyl groups is 1. The van der Waals surface area contributed by atoms with Gasteiger partial charge in [-0.05, 0) is 45.6 Å². The highest BCUT2D eigenvalue weighted by Crippen LogP contribution is 2.06. The van der Waals surface area contributed by atoms with Gasteiger partial charge in [-0.25, -0.2) is 4.79 Å². The fraction of sp³-hybridized carbons (Fsp3) is 0.700. The van der Waals surface area contributed by atoms with Gasteiger partial charge < -0.3 is 54.8 Å². The maximum Gasteiger partial charge on any atom is 0.326 e. The molecule has 206 valence electrons. The highest BCUT2D eigenvalue weighted by Gasteiger charge is 2.31. The Morgan fingerprint density at radius 1 is 0.833 bits per heavy atom. The van der Waals surface area contributed by atoms with E-state index < -0.39 is 66.3 Å². The van der Waals surface area contributed by atoms with E-state index in [0.29, 0.717) is 19.4 Å². The Kier molecular flexibility index (Phi) is 15.4. The topological polar surface area (TPSA) is 304 Å². The Hall–Kier alpha value is -3.50. The van der Waals surface area contributed by atoms with Crippen molar-refractivity contribution in [1.29, 1.82) is 0 Å². The number of aliphatic imine (C=N–C) groups is 1. The minimum absolute atomic E-state index is 0.0530. The van der Waals surface area contributed by atoms with Crippen molar-refractivity contribution < 1.29 is 34.2 Å². The van der Waals surface area contributed by atoms with Crippen LogP contribution in [0, 0.1) is 0 Å². The van der Waals surface area contributed by atoms with Gasteiger partial charge in [0.05, 0.1) is 12.5 Å². The van der Waals surface area contributed by atoms with Crippen molar-refractivity contribution in [3.05, 3.63) is 0 Å². The SMILES string of the molecule is CC(O)C(N)C(=O)NC(CCCN=C(N)N)C(=O)NC(CCCCN)C(=O)NC(CC(N)=O)C(=O)O. The Labute approximate surface area is 208 Å². The van der Waals surface area contributed by atoms with Crippen molar-refractivity contribution in [3.8, 4) is 0 Å². The second-order valence-corrected chi connectivity index (χ2v) is 8.19. The van der Waals surface area contributed by atoms with Crippen molar-refractivity contribution in [2.45, 2.75) is 75.7 Å². The molecule has 36 heavy (non-hydrogen) atoms. The van der Waals surface area contributed by atoms with Crippen LogP contribution in [0.5, 0.6) is 0 Å². The van der Waals surface area contributed by atoms with E-state index in [1.165, 1.54) is 6.92 Å². The van der Waals surface area contributed by atoms with Gasteiger partial charge in [0, 0.05) is 6.54 Å². The first-order valence-corrected chi connectivity index (χ1v) is 11.4. The molecule has 0 fully saturated rings. The maximum atomic E-state index is 13.0. The highest BCUT2D eigenvalue weighted by molar-refractivity contribution is 5.94. The number of unbranched alkanes of at least 4 members (excludes halogenated alkanes) is 1. The summed E-state index contributed by atoms with van der Waals surface area (Å²) in [5, 5.41) is 25.9. The molecule has 0 aromatic carbocycles. The number of amides is 4. The number of rotatable bonds is 18. The number of hydrogen-bond donors (Lipinski definition) is 10. The van der Waals surface area contributed by atoms with Crippen molar-refractivity contribution in [2.75, 3.05) is 13.1 Å². The predicted molar refractivity (Wildman–Crippen MR) is 130 cm³/mol. The van der Waals surface area contributed by atoms with Crippen molar-refractivity contribution in [3.63, 3.8) is 0 Å². The number of carbonyl (C=O) groups is 5. The van der Waals surface area contributed by atoms with Crippen LogP contribution in [0.1, 0.15) is 45.4 Å². The van der Waals surface area contributed by atoms with Gasteiger partial charge in [0.1, 0.15) is 24.2 Å². The quantitative estimate of drug-likeness (QED) is 0.0467. The van der Waals surface area contributed by atoms with Gasteiger partial charge in [-0.15, -0.1) is 0 Å². The third kappa shape index (κ3) is 13.4. The van der Waals surface area contributed by atoms with Crippen LogP contribution in [0.3, 0.4) is 0 Å². The molecule has 4 amide bonds. The summed E-state index contributed by atoms with van der Waals surface area (Å²) in [5.41, 5.74) is 26.7. The molecule has 0 saturated heterocycles. The lowest BCUT2D eigenvalue weighted by Gasteiger charge is -2.25. The standard InChI is InChI=1S/C20H39N9O7/c1-10(30)15(23)18(34)28-12(6-4-8-26-20(24)25)16(32)27-11(5-2-3-7-21)17(33)29-13(19(35)36)9-14(22)31/h10-13,15,30H,2-9,21,23H2,1H3,(H2,22,31)(H,27,32)(H,28,34)(H,29,33)(H,35,36)(H4,24,25,26). The second kappa shape index (κ2) is 17.0. The van der Waals surface area contributed by atoms with E-state index in [-0.39, 0.29) is 31.8 Å². The molecule has 0 rings (SSSR count). The zero-order valence-electron chi connectivity index (χ0n) is 20.3. The van der Waals surface area contributed by atoms with Gasteiger partial charge >= 0.3 is 5.97 Å². The molecule has 16 heteroatoms. The van der Waals surface area contributed by atoms with E-state index in [4.69, 9.17) is 28.7 Å². The van der Waals surface area contributed by atoms with Crippen LogP contribution in [0.4, 0.5) is 0 Å². The first-order valence-electron chi connectivity index (χ1n) is 11.4. The van der Waals surface area contributed by atoms with E-state index in [2.05, 4.69) is 20.9 Å². The fourth-order valence-electron chi connectivity index (χ4n) is 2.97. The summed E-state index contributed by atoms with van der Waals surface area (Å²) < 4.78 is 0. The molecule has 0 aliphatic heterocycles. The minimum Gasteiger partial charge on any atom is -0.480 e. The number of aliphatic hydroxyl groups excluding tert-OH is 1. The first kappa shape index (κ1) is 32.5. The summed E-state index contributed by atoms with van der Waals surface area (Å²) in [6, 6.07) is -5.29. The molecule has 5 unspecified atom stereocenters. The molecule has 0 aliphatic carbocycles. The predicted octanol–water partition coefficient (Wildman–Crippen LogP) is -4.71. The fourth-order valence-corrected chi connectivity index (χ4v) is 2.97. The zero-order chi connectivity index (χ0) is 27.8. The number of hydrogen-bond acceptors (Lipinski definition) is 9. The molecule has 0 spiro atoms. The molecule has 0 saturated carbocycles.